The Morgan fingerprint density at radius 2 is 1.85 bits per heavy atom. The van der Waals surface area contributed by atoms with Gasteiger partial charge in [-0.1, -0.05) is 17.5 Å². The van der Waals surface area contributed by atoms with Crippen molar-refractivity contribution in [3.05, 3.63) is 35.0 Å². The number of methoxy groups -OCH3 is 2. The molecule has 0 aliphatic rings. The van der Waals surface area contributed by atoms with E-state index in [1.807, 2.05) is 0 Å². The van der Waals surface area contributed by atoms with Crippen LogP contribution in [0.25, 0.3) is 10.9 Å². The maximum atomic E-state index is 12.8. The number of aromatic amines is 1. The zero-order chi connectivity index (χ0) is 19.6. The fourth-order valence-corrected chi connectivity index (χ4v) is 3.76. The van der Waals surface area contributed by atoms with E-state index >= 15 is 0 Å². The Labute approximate surface area is 160 Å². The Bertz CT molecular complexity index is 1150. The van der Waals surface area contributed by atoms with Crippen LogP contribution in [0.2, 0.25) is 5.02 Å². The predicted octanol–water partition coefficient (Wildman–Crippen LogP) is 2.80. The van der Waals surface area contributed by atoms with Gasteiger partial charge in [0.2, 0.25) is 17.7 Å². The first-order valence-electron chi connectivity index (χ1n) is 7.62. The van der Waals surface area contributed by atoms with Crippen LogP contribution in [0.4, 0.5) is 5.95 Å². The summed E-state index contributed by atoms with van der Waals surface area (Å²) in [6.45, 7) is 1.64. The summed E-state index contributed by atoms with van der Waals surface area (Å²) >= 11 is 5.94. The maximum absolute atomic E-state index is 12.8. The highest BCUT2D eigenvalue weighted by Gasteiger charge is 2.23. The summed E-state index contributed by atoms with van der Waals surface area (Å²) in [6.07, 6.45) is 1.37. The molecule has 8 nitrogen and oxygen atoms in total. The summed E-state index contributed by atoms with van der Waals surface area (Å²) in [5.74, 6) is 5.47. The molecule has 1 aromatic carbocycles. The van der Waals surface area contributed by atoms with Gasteiger partial charge in [0.15, 0.2) is 0 Å². The van der Waals surface area contributed by atoms with Crippen molar-refractivity contribution in [2.75, 3.05) is 18.9 Å². The number of halogens is 1. The molecule has 0 unspecified atom stereocenters. The van der Waals surface area contributed by atoms with E-state index < -0.39 is 10.0 Å². The number of benzene rings is 1. The van der Waals surface area contributed by atoms with Crippen LogP contribution in [0.1, 0.15) is 12.5 Å². The maximum Gasteiger partial charge on any atom is 0.266 e. The lowest BCUT2D eigenvalue weighted by atomic mass is 10.2. The minimum Gasteiger partial charge on any atom is -0.480 e. The third-order valence-corrected chi connectivity index (χ3v) is 5.20. The van der Waals surface area contributed by atoms with Crippen molar-refractivity contribution < 1.29 is 17.9 Å². The van der Waals surface area contributed by atoms with Gasteiger partial charge in [0, 0.05) is 22.1 Å². The third-order valence-electron chi connectivity index (χ3n) is 3.60. The number of hydrogen-bond acceptors (Lipinski definition) is 6. The number of aromatic nitrogens is 3. The molecule has 0 atom stereocenters. The van der Waals surface area contributed by atoms with E-state index in [-0.39, 0.29) is 22.6 Å². The molecule has 0 spiro atoms. The molecule has 140 valence electrons. The van der Waals surface area contributed by atoms with Gasteiger partial charge < -0.3 is 14.5 Å². The topological polar surface area (TPSA) is 106 Å². The summed E-state index contributed by atoms with van der Waals surface area (Å²) in [6, 6.07) is 4.86. The lowest BCUT2D eigenvalue weighted by Crippen LogP contribution is -2.16. The molecule has 10 heteroatoms. The van der Waals surface area contributed by atoms with Crippen molar-refractivity contribution in [3.63, 3.8) is 0 Å². The second-order valence-corrected chi connectivity index (χ2v) is 7.35. The molecular weight excluding hydrogens is 392 g/mol. The zero-order valence-electron chi connectivity index (χ0n) is 14.6. The fourth-order valence-electron chi connectivity index (χ4n) is 2.46. The molecule has 3 aromatic rings. The Morgan fingerprint density at radius 1 is 1.19 bits per heavy atom. The molecule has 0 saturated heterocycles. The van der Waals surface area contributed by atoms with Gasteiger partial charge in [0.1, 0.15) is 10.5 Å². The van der Waals surface area contributed by atoms with Gasteiger partial charge in [0.25, 0.3) is 10.0 Å². The zero-order valence-corrected chi connectivity index (χ0v) is 16.2. The van der Waals surface area contributed by atoms with E-state index in [4.69, 9.17) is 21.1 Å². The van der Waals surface area contributed by atoms with E-state index in [0.717, 1.165) is 0 Å². The standard InChI is InChI=1S/C17H15ClN4O4S/c1-4-5-12-15(25-2)20-17(21-16(12)26-3)22-27(23,24)14-9-19-13-8-10(18)6-7-11(13)14/h6-9,19H,1-3H3,(H,20,21,22). The van der Waals surface area contributed by atoms with Crippen molar-refractivity contribution in [1.29, 1.82) is 0 Å². The normalized spacial score (nSPS) is 11.0. The van der Waals surface area contributed by atoms with Gasteiger partial charge in [-0.05, 0) is 25.1 Å². The third kappa shape index (κ3) is 3.63. The number of H-pyrrole nitrogens is 1. The molecule has 0 bridgehead atoms. The molecule has 0 fully saturated rings. The Hall–Kier alpha value is -2.96. The number of hydrogen-bond donors (Lipinski definition) is 2. The number of ether oxygens (including phenoxy) is 2. The van der Waals surface area contributed by atoms with Crippen LogP contribution < -0.4 is 14.2 Å². The van der Waals surface area contributed by atoms with Gasteiger partial charge in [-0.25, -0.2) is 13.1 Å². The van der Waals surface area contributed by atoms with Gasteiger partial charge in [-0.15, -0.1) is 5.92 Å². The lowest BCUT2D eigenvalue weighted by Gasteiger charge is -2.11. The van der Waals surface area contributed by atoms with Crippen LogP contribution in [0.3, 0.4) is 0 Å². The molecule has 0 amide bonds. The molecule has 2 heterocycles. The predicted molar refractivity (Wildman–Crippen MR) is 102 cm³/mol. The Morgan fingerprint density at radius 3 is 2.44 bits per heavy atom. The first-order chi connectivity index (χ1) is 12.9. The fraction of sp³-hybridized carbons (Fsp3) is 0.176. The Balaban J connectivity index is 2.06. The van der Waals surface area contributed by atoms with Gasteiger partial charge in [-0.2, -0.15) is 9.97 Å². The summed E-state index contributed by atoms with van der Waals surface area (Å²) < 4.78 is 38.3. The first kappa shape index (κ1) is 18.8. The molecule has 0 aliphatic carbocycles. The van der Waals surface area contributed by atoms with E-state index in [1.54, 1.807) is 25.1 Å². The highest BCUT2D eigenvalue weighted by atomic mass is 35.5. The van der Waals surface area contributed by atoms with Crippen LogP contribution in [-0.2, 0) is 10.0 Å². The van der Waals surface area contributed by atoms with Crippen LogP contribution in [-0.4, -0.2) is 37.6 Å². The quantitative estimate of drug-likeness (QED) is 0.631. The SMILES string of the molecule is CC#Cc1c(OC)nc(NS(=O)(=O)c2c[nH]c3cc(Cl)ccc23)nc1OC. The van der Waals surface area contributed by atoms with Crippen molar-refractivity contribution >= 4 is 38.5 Å². The van der Waals surface area contributed by atoms with E-state index in [1.165, 1.54) is 20.4 Å². The van der Waals surface area contributed by atoms with Crippen LogP contribution in [0.15, 0.2) is 29.3 Å². The molecule has 2 N–H and O–H groups in total. The summed E-state index contributed by atoms with van der Waals surface area (Å²) in [5, 5.41) is 0.978. The average Bonchev–Trinajstić information content (AvgIpc) is 3.06. The highest BCUT2D eigenvalue weighted by molar-refractivity contribution is 7.93. The molecule has 2 aromatic heterocycles. The number of sulfonamides is 1. The van der Waals surface area contributed by atoms with Crippen molar-refractivity contribution in [3.8, 4) is 23.6 Å². The second-order valence-electron chi connectivity index (χ2n) is 5.26. The number of nitrogens with one attached hydrogen (secondary N) is 2. The summed E-state index contributed by atoms with van der Waals surface area (Å²) in [7, 11) is -1.19. The Kier molecular flexibility index (Phi) is 5.12. The van der Waals surface area contributed by atoms with Crippen molar-refractivity contribution in [1.82, 2.24) is 15.0 Å². The number of fused-ring (bicyclic) bond motifs is 1. The van der Waals surface area contributed by atoms with Crippen LogP contribution in [0.5, 0.6) is 11.8 Å². The monoisotopic (exact) mass is 406 g/mol. The van der Waals surface area contributed by atoms with Crippen molar-refractivity contribution in [2.24, 2.45) is 0 Å². The van der Waals surface area contributed by atoms with Gasteiger partial charge >= 0.3 is 0 Å². The molecule has 3 rings (SSSR count). The molecule has 0 radical (unpaired) electrons. The van der Waals surface area contributed by atoms with Gasteiger partial charge in [0.05, 0.1) is 14.2 Å². The summed E-state index contributed by atoms with van der Waals surface area (Å²) in [4.78, 5) is 11.1. The minimum atomic E-state index is -3.98. The van der Waals surface area contributed by atoms with E-state index in [2.05, 4.69) is 31.5 Å². The van der Waals surface area contributed by atoms with Crippen LogP contribution in [0, 0.1) is 11.8 Å². The molecule has 0 saturated carbocycles. The van der Waals surface area contributed by atoms with Crippen molar-refractivity contribution in [2.45, 2.75) is 11.8 Å². The lowest BCUT2D eigenvalue weighted by molar-refractivity contribution is 0.371. The smallest absolute Gasteiger partial charge is 0.266 e. The molecule has 27 heavy (non-hydrogen) atoms. The molecule has 0 aliphatic heterocycles. The number of rotatable bonds is 5. The highest BCUT2D eigenvalue weighted by Crippen LogP contribution is 2.29. The van der Waals surface area contributed by atoms with Gasteiger partial charge in [-0.3, -0.25) is 0 Å². The van der Waals surface area contributed by atoms with E-state index in [0.29, 0.717) is 21.5 Å². The number of nitrogens with zero attached hydrogens (tertiary/aromatic N) is 2. The first-order valence-corrected chi connectivity index (χ1v) is 9.48. The summed E-state index contributed by atoms with van der Waals surface area (Å²) in [5.41, 5.74) is 0.916. The largest absolute Gasteiger partial charge is 0.480 e. The van der Waals surface area contributed by atoms with Crippen LogP contribution >= 0.6 is 11.6 Å². The average molecular weight is 407 g/mol. The number of anilines is 1. The minimum absolute atomic E-state index is 0.0353. The van der Waals surface area contributed by atoms with E-state index in [9.17, 15) is 8.42 Å². The second kappa shape index (κ2) is 7.34. The molecular formula is C17H15ClN4O4S.